The Bertz CT molecular complexity index is 832. The number of nitrogens with zero attached hydrogens (tertiary/aromatic N) is 2. The molecule has 1 N–H and O–H groups in total. The van der Waals surface area contributed by atoms with Crippen LogP contribution in [0, 0.1) is 0 Å². The van der Waals surface area contributed by atoms with Gasteiger partial charge in [-0.15, -0.1) is 0 Å². The van der Waals surface area contributed by atoms with Gasteiger partial charge in [0.15, 0.2) is 0 Å². The van der Waals surface area contributed by atoms with Gasteiger partial charge in [-0.2, -0.15) is 4.31 Å². The van der Waals surface area contributed by atoms with Gasteiger partial charge in [0.25, 0.3) is 5.91 Å². The molecule has 0 saturated carbocycles. The molecule has 0 spiro atoms. The van der Waals surface area contributed by atoms with Crippen molar-refractivity contribution in [3.63, 3.8) is 0 Å². The van der Waals surface area contributed by atoms with Crippen molar-refractivity contribution in [2.75, 3.05) is 32.8 Å². The van der Waals surface area contributed by atoms with E-state index < -0.39 is 10.0 Å². The summed E-state index contributed by atoms with van der Waals surface area (Å²) in [6.45, 7) is 2.07. The van der Waals surface area contributed by atoms with Crippen molar-refractivity contribution in [2.24, 2.45) is 0 Å². The van der Waals surface area contributed by atoms with Crippen LogP contribution in [0.3, 0.4) is 0 Å². The van der Waals surface area contributed by atoms with E-state index in [1.165, 1.54) is 10.5 Å². The summed E-state index contributed by atoms with van der Waals surface area (Å²) in [7, 11) is -3.47. The minimum Gasteiger partial charge on any atom is -0.379 e. The number of carbonyl (C=O) groups excluding carboxylic acids is 1. The number of ether oxygens (including phenoxy) is 1. The lowest BCUT2D eigenvalue weighted by molar-refractivity contribution is 0.0730. The summed E-state index contributed by atoms with van der Waals surface area (Å²) in [6, 6.07) is 10.2. The van der Waals surface area contributed by atoms with E-state index in [0.717, 1.165) is 5.56 Å². The highest BCUT2D eigenvalue weighted by atomic mass is 32.2. The van der Waals surface area contributed by atoms with Crippen LogP contribution in [0.4, 0.5) is 0 Å². The van der Waals surface area contributed by atoms with Crippen LogP contribution >= 0.6 is 0 Å². The number of nitrogens with one attached hydrogen (secondary N) is 1. The number of morpholine rings is 1. The van der Waals surface area contributed by atoms with Gasteiger partial charge in [0.1, 0.15) is 0 Å². The maximum Gasteiger partial charge on any atom is 0.252 e. The van der Waals surface area contributed by atoms with E-state index in [9.17, 15) is 13.2 Å². The van der Waals surface area contributed by atoms with Gasteiger partial charge in [0.05, 0.1) is 23.7 Å². The number of amides is 1. The first kappa shape index (κ1) is 18.5. The van der Waals surface area contributed by atoms with Crippen LogP contribution in [0.5, 0.6) is 0 Å². The predicted octanol–water partition coefficient (Wildman–Crippen LogP) is 1.08. The Morgan fingerprint density at radius 3 is 2.54 bits per heavy atom. The van der Waals surface area contributed by atoms with Gasteiger partial charge in [-0.1, -0.05) is 12.1 Å². The molecule has 0 unspecified atom stereocenters. The summed E-state index contributed by atoms with van der Waals surface area (Å²) in [5.41, 5.74) is 1.47. The van der Waals surface area contributed by atoms with Gasteiger partial charge in [-0.25, -0.2) is 8.42 Å². The first-order valence-corrected chi connectivity index (χ1v) is 9.86. The Morgan fingerprint density at radius 1 is 1.15 bits per heavy atom. The highest BCUT2D eigenvalue weighted by molar-refractivity contribution is 7.89. The molecule has 2 heterocycles. The number of aromatic nitrogens is 1. The highest BCUT2D eigenvalue weighted by Crippen LogP contribution is 2.17. The molecule has 0 bridgehead atoms. The second-order valence-corrected chi connectivity index (χ2v) is 7.85. The third-order valence-electron chi connectivity index (χ3n) is 4.15. The third kappa shape index (κ3) is 4.46. The van der Waals surface area contributed by atoms with Crippen LogP contribution in [0.15, 0.2) is 53.7 Å². The molecule has 7 nitrogen and oxygen atoms in total. The normalized spacial score (nSPS) is 15.5. The Hall–Kier alpha value is -2.29. The summed E-state index contributed by atoms with van der Waals surface area (Å²) in [5, 5.41) is 2.82. The first-order chi connectivity index (χ1) is 12.6. The topological polar surface area (TPSA) is 88.6 Å². The SMILES string of the molecule is O=C(NCCc1ccc(S(=O)(=O)N2CCOCC2)cc1)c1cccnc1. The van der Waals surface area contributed by atoms with E-state index in [0.29, 0.717) is 44.8 Å². The number of benzene rings is 1. The summed E-state index contributed by atoms with van der Waals surface area (Å²) in [6.07, 6.45) is 3.74. The van der Waals surface area contributed by atoms with Crippen LogP contribution < -0.4 is 5.32 Å². The van der Waals surface area contributed by atoms with Crippen LogP contribution in [-0.2, 0) is 21.2 Å². The van der Waals surface area contributed by atoms with Crippen molar-refractivity contribution in [3.8, 4) is 0 Å². The molecule has 8 heteroatoms. The van der Waals surface area contributed by atoms with Gasteiger partial charge in [-0.3, -0.25) is 9.78 Å². The average molecular weight is 375 g/mol. The fraction of sp³-hybridized carbons (Fsp3) is 0.333. The molecule has 1 aliphatic rings. The van der Waals surface area contributed by atoms with E-state index in [-0.39, 0.29) is 10.8 Å². The zero-order valence-electron chi connectivity index (χ0n) is 14.3. The van der Waals surface area contributed by atoms with Crippen LogP contribution in [0.25, 0.3) is 0 Å². The lowest BCUT2D eigenvalue weighted by Crippen LogP contribution is -2.40. The second kappa shape index (κ2) is 8.39. The predicted molar refractivity (Wildman–Crippen MR) is 96.3 cm³/mol. The monoisotopic (exact) mass is 375 g/mol. The molecule has 1 aromatic heterocycles. The lowest BCUT2D eigenvalue weighted by Gasteiger charge is -2.26. The number of carbonyl (C=O) groups is 1. The van der Waals surface area contributed by atoms with Crippen molar-refractivity contribution in [1.82, 2.24) is 14.6 Å². The molecule has 0 radical (unpaired) electrons. The molecule has 138 valence electrons. The molecule has 1 aliphatic heterocycles. The summed E-state index contributed by atoms with van der Waals surface area (Å²) in [5.74, 6) is -0.176. The number of hydrogen-bond acceptors (Lipinski definition) is 5. The fourth-order valence-electron chi connectivity index (χ4n) is 2.68. The van der Waals surface area contributed by atoms with E-state index in [1.54, 1.807) is 42.6 Å². The number of hydrogen-bond donors (Lipinski definition) is 1. The minimum absolute atomic E-state index is 0.176. The van der Waals surface area contributed by atoms with Crippen LogP contribution in [0.1, 0.15) is 15.9 Å². The van der Waals surface area contributed by atoms with E-state index in [2.05, 4.69) is 10.3 Å². The minimum atomic E-state index is -3.47. The number of pyridine rings is 1. The molecule has 1 fully saturated rings. The van der Waals surface area contributed by atoms with Crippen LogP contribution in [-0.4, -0.2) is 56.5 Å². The standard InChI is InChI=1S/C18H21N3O4S/c22-18(16-2-1-8-19-14-16)20-9-7-15-3-5-17(6-4-15)26(23,24)21-10-12-25-13-11-21/h1-6,8,14H,7,9-13H2,(H,20,22). The molecule has 3 rings (SSSR count). The molecular formula is C18H21N3O4S. The lowest BCUT2D eigenvalue weighted by atomic mass is 10.1. The maximum atomic E-state index is 12.6. The Kier molecular flexibility index (Phi) is 5.97. The molecular weight excluding hydrogens is 354 g/mol. The quantitative estimate of drug-likeness (QED) is 0.816. The third-order valence-corrected chi connectivity index (χ3v) is 6.07. The number of sulfonamides is 1. The molecule has 2 aromatic rings. The van der Waals surface area contributed by atoms with Crippen molar-refractivity contribution in [1.29, 1.82) is 0 Å². The Labute approximate surface area is 153 Å². The molecule has 1 aromatic carbocycles. The molecule has 1 amide bonds. The first-order valence-electron chi connectivity index (χ1n) is 8.42. The summed E-state index contributed by atoms with van der Waals surface area (Å²) < 4.78 is 31.8. The van der Waals surface area contributed by atoms with E-state index >= 15 is 0 Å². The van der Waals surface area contributed by atoms with Gasteiger partial charge in [0, 0.05) is 32.0 Å². The van der Waals surface area contributed by atoms with Crippen molar-refractivity contribution in [2.45, 2.75) is 11.3 Å². The largest absolute Gasteiger partial charge is 0.379 e. The van der Waals surface area contributed by atoms with Gasteiger partial charge in [-0.05, 0) is 36.2 Å². The Balaban J connectivity index is 1.55. The average Bonchev–Trinajstić information content (AvgIpc) is 2.69. The second-order valence-electron chi connectivity index (χ2n) is 5.91. The summed E-state index contributed by atoms with van der Waals surface area (Å²) in [4.78, 5) is 16.1. The van der Waals surface area contributed by atoms with E-state index in [1.807, 2.05) is 0 Å². The number of rotatable bonds is 6. The van der Waals surface area contributed by atoms with Crippen molar-refractivity contribution < 1.29 is 17.9 Å². The maximum absolute atomic E-state index is 12.6. The van der Waals surface area contributed by atoms with Crippen LogP contribution in [0.2, 0.25) is 0 Å². The molecule has 0 aliphatic carbocycles. The molecule has 26 heavy (non-hydrogen) atoms. The highest BCUT2D eigenvalue weighted by Gasteiger charge is 2.25. The molecule has 1 saturated heterocycles. The molecule has 0 atom stereocenters. The van der Waals surface area contributed by atoms with Crippen molar-refractivity contribution >= 4 is 15.9 Å². The van der Waals surface area contributed by atoms with Crippen molar-refractivity contribution in [3.05, 3.63) is 59.9 Å². The summed E-state index contributed by atoms with van der Waals surface area (Å²) >= 11 is 0. The van der Waals surface area contributed by atoms with E-state index in [4.69, 9.17) is 4.74 Å². The fourth-order valence-corrected chi connectivity index (χ4v) is 4.09. The van der Waals surface area contributed by atoms with Gasteiger partial charge < -0.3 is 10.1 Å². The zero-order chi connectivity index (χ0) is 18.4. The smallest absolute Gasteiger partial charge is 0.252 e. The van der Waals surface area contributed by atoms with Gasteiger partial charge >= 0.3 is 0 Å². The zero-order valence-corrected chi connectivity index (χ0v) is 15.1. The van der Waals surface area contributed by atoms with Gasteiger partial charge in [0.2, 0.25) is 10.0 Å². The Morgan fingerprint density at radius 2 is 1.88 bits per heavy atom.